The number of nitriles is 3. The number of ketones is 1. The summed E-state index contributed by atoms with van der Waals surface area (Å²) in [5.74, 6) is -5.58. The van der Waals surface area contributed by atoms with Crippen LogP contribution in [0.4, 0.5) is 50.9 Å². The maximum absolute atomic E-state index is 13.3. The minimum Gasteiger partial charge on any atom is -0.310 e. The number of likely N-dealkylation sites (tertiary alicyclic amines) is 1. The second-order valence-electron chi connectivity index (χ2n) is 25.9. The van der Waals surface area contributed by atoms with Gasteiger partial charge in [-0.05, 0) is 143 Å². The number of allylic oxidation sites excluding steroid dienone is 2. The lowest BCUT2D eigenvalue weighted by atomic mass is 9.86. The molecule has 0 N–H and O–H groups in total. The van der Waals surface area contributed by atoms with Crippen LogP contribution in [0.2, 0.25) is 0 Å². The van der Waals surface area contributed by atoms with Gasteiger partial charge in [-0.3, -0.25) is 30.0 Å². The molecule has 0 spiro atoms. The Morgan fingerprint density at radius 2 is 1.08 bits per heavy atom. The zero-order valence-corrected chi connectivity index (χ0v) is 57.5. The second kappa shape index (κ2) is 41.0. The van der Waals surface area contributed by atoms with Gasteiger partial charge in [0, 0.05) is 67.3 Å². The molecule has 1 aliphatic carbocycles. The lowest BCUT2D eigenvalue weighted by molar-refractivity contribution is -0.387. The molecule has 5 aromatic carbocycles. The third kappa shape index (κ3) is 28.7. The van der Waals surface area contributed by atoms with Crippen LogP contribution >= 0.6 is 0 Å². The van der Waals surface area contributed by atoms with Gasteiger partial charge < -0.3 is 4.90 Å². The number of carbonyl (C=O) groups excluding carboxylic acids is 1. The molecule has 0 radical (unpaired) electrons. The molecule has 21 heteroatoms. The van der Waals surface area contributed by atoms with Crippen LogP contribution in [0.25, 0.3) is 0 Å². The fourth-order valence-corrected chi connectivity index (χ4v) is 8.88. The number of carbonyl (C=O) groups is 1. The van der Waals surface area contributed by atoms with Crippen molar-refractivity contribution in [3.8, 4) is 18.3 Å². The Hall–Kier alpha value is -8.90. The summed E-state index contributed by atoms with van der Waals surface area (Å²) in [6, 6.07) is 22.5. The van der Waals surface area contributed by atoms with E-state index in [4.69, 9.17) is 15.8 Å². The van der Waals surface area contributed by atoms with Crippen molar-refractivity contribution in [2.75, 3.05) is 13.1 Å². The Labute approximate surface area is 554 Å². The van der Waals surface area contributed by atoms with E-state index in [0.717, 1.165) is 62.2 Å². The van der Waals surface area contributed by atoms with E-state index in [-0.39, 0.29) is 70.2 Å². The monoisotopic (exact) mass is 1330 g/mol. The third-order valence-corrected chi connectivity index (χ3v) is 14.9. The molecule has 12 nitrogen and oxygen atoms in total. The fourth-order valence-electron chi connectivity index (χ4n) is 8.88. The topological polar surface area (TPSA) is 191 Å². The lowest BCUT2D eigenvalue weighted by Crippen LogP contribution is -2.15. The molecule has 0 bridgehead atoms. The first kappa shape index (κ1) is 84.1. The smallest absolute Gasteiger partial charge is 0.305 e. The molecule has 1 aromatic heterocycles. The number of Topliss-reactive ketones (excluding diaryl/α,β-unsaturated/α-hetero) is 1. The highest BCUT2D eigenvalue weighted by molar-refractivity contribution is 5.96. The number of benzene rings is 5. The van der Waals surface area contributed by atoms with Crippen LogP contribution in [0.3, 0.4) is 0 Å². The maximum Gasteiger partial charge on any atom is 0.305 e. The van der Waals surface area contributed by atoms with Gasteiger partial charge in [0.25, 0.3) is 5.69 Å². The average Bonchev–Trinajstić information content (AvgIpc) is 1.37. The number of non-ortho nitro benzene ring substituents is 1. The van der Waals surface area contributed by atoms with Gasteiger partial charge in [0.15, 0.2) is 35.2 Å². The number of rotatable bonds is 12. The van der Waals surface area contributed by atoms with E-state index in [1.807, 2.05) is 58.6 Å². The molecule has 1 fully saturated rings. The summed E-state index contributed by atoms with van der Waals surface area (Å²) in [5.41, 5.74) is 3.60. The summed E-state index contributed by atoms with van der Waals surface area (Å²) >= 11 is 0. The molecule has 2 heterocycles. The van der Waals surface area contributed by atoms with Crippen LogP contribution in [0.15, 0.2) is 109 Å². The van der Waals surface area contributed by atoms with Crippen molar-refractivity contribution in [1.82, 2.24) is 9.88 Å². The van der Waals surface area contributed by atoms with Crippen LogP contribution in [0.5, 0.6) is 0 Å². The zero-order chi connectivity index (χ0) is 72.8. The van der Waals surface area contributed by atoms with E-state index in [0.29, 0.717) is 44.6 Å². The molecule has 95 heavy (non-hydrogen) atoms. The van der Waals surface area contributed by atoms with E-state index in [1.54, 1.807) is 58.2 Å². The van der Waals surface area contributed by atoms with Gasteiger partial charge in [-0.15, -0.1) is 0 Å². The summed E-state index contributed by atoms with van der Waals surface area (Å²) in [7, 11) is 0. The third-order valence-electron chi connectivity index (χ3n) is 14.9. The van der Waals surface area contributed by atoms with Crippen molar-refractivity contribution in [2.24, 2.45) is 17.3 Å². The van der Waals surface area contributed by atoms with Crippen LogP contribution in [-0.2, 0) is 4.79 Å². The van der Waals surface area contributed by atoms with Gasteiger partial charge in [0.1, 0.15) is 29.3 Å². The highest BCUT2D eigenvalue weighted by Gasteiger charge is 2.25. The fraction of sp³-hybridized carbons (Fsp3) is 0.446. The van der Waals surface area contributed by atoms with E-state index in [9.17, 15) is 64.5 Å². The highest BCUT2D eigenvalue weighted by Crippen LogP contribution is 2.30. The number of aromatic nitrogens is 1. The molecule has 2 aliphatic rings. The molecule has 1 aliphatic heterocycles. The van der Waals surface area contributed by atoms with Crippen molar-refractivity contribution < 1.29 is 54.2 Å². The van der Waals surface area contributed by atoms with Crippen LogP contribution in [0.1, 0.15) is 230 Å². The molecule has 1 saturated heterocycles. The number of hydrogen-bond donors (Lipinski definition) is 0. The summed E-state index contributed by atoms with van der Waals surface area (Å²) in [5, 5.41) is 46.4. The predicted octanol–water partition coefficient (Wildman–Crippen LogP) is 21.6. The molecule has 514 valence electrons. The first-order valence-electron chi connectivity index (χ1n) is 31.3. The lowest BCUT2D eigenvalue weighted by Gasteiger charge is -2.19. The van der Waals surface area contributed by atoms with Crippen molar-refractivity contribution in [2.45, 2.75) is 185 Å². The predicted molar refractivity (Wildman–Crippen MR) is 354 cm³/mol. The minimum absolute atomic E-state index is 0.0418. The van der Waals surface area contributed by atoms with Gasteiger partial charge in [0.2, 0.25) is 5.82 Å². The zero-order valence-electron chi connectivity index (χ0n) is 57.5. The molecule has 0 saturated carbocycles. The standard InChI is InChI=1S/C11H18O.2C10H10FN.C9H8F4.2C9H10FNO2.C8H10FN.C8H14N2/c1-11(2,3)8-7-10(12)9-5-4-6-9;1-7(2)9-5-8(6-12)3-4-10(9)11;1-7(2)9-5-3-4-8(6-12)10(9)11;1-4(2)7-8(12)5(10)3-6(11)9(7)13;1-6(2)8-5-7(11(12)13)3-4-9(8)10;1-6(2)7-4-3-5-8(9(7)10)11(12)13;1-6(2)7-5-10-4-3-8(7)9;1-7(2)8-3-4-10(5-8)6-9/h5H,4,6-8H2,1-3H3;2*3-5,7H,1-2H3;3-4H,1-2H3;2*3-6H,1-2H3;3-6H,1-2H3;7-8H,3-5H2,1-2H3. The molecule has 6 aromatic rings. The first-order chi connectivity index (χ1) is 44.3. The Morgan fingerprint density at radius 1 is 0.589 bits per heavy atom. The van der Waals surface area contributed by atoms with Gasteiger partial charge in [-0.2, -0.15) is 20.2 Å². The SMILES string of the molecule is CC(C)(C)CCC(=O)C1=CCC1.CC(C)C1CCN(C#N)C1.CC(C)c1c(F)c(F)cc(F)c1F.CC(C)c1cc(C#N)ccc1F.CC(C)c1cc([N+](=O)[O-])ccc1F.CC(C)c1cccc(C#N)c1F.CC(C)c1cccc([N+](=O)[O-])c1F.CC(C)c1cnccc1F. The van der Waals surface area contributed by atoms with E-state index < -0.39 is 56.1 Å². The second-order valence-corrected chi connectivity index (χ2v) is 25.9. The van der Waals surface area contributed by atoms with E-state index in [2.05, 4.69) is 51.9 Å². The van der Waals surface area contributed by atoms with Crippen LogP contribution in [0, 0.1) is 124 Å². The highest BCUT2D eigenvalue weighted by atomic mass is 19.2. The number of pyridine rings is 1. The number of nitro benzene ring substituents is 2. The number of nitrogens with zero attached hydrogens (tertiary/aromatic N) is 7. The van der Waals surface area contributed by atoms with E-state index >= 15 is 0 Å². The van der Waals surface area contributed by atoms with Gasteiger partial charge in [0.05, 0.1) is 27.0 Å². The summed E-state index contributed by atoms with van der Waals surface area (Å²) in [6.07, 6.45) is 12.3. The number of nitro groups is 2. The molecule has 1 unspecified atom stereocenters. The normalized spacial score (nSPS) is 12.8. The van der Waals surface area contributed by atoms with Gasteiger partial charge in [-0.1, -0.05) is 148 Å². The molecule has 8 rings (SSSR count). The summed E-state index contributed by atoms with van der Waals surface area (Å²) in [6.45, 7) is 34.5. The molecular weight excluding hydrogens is 1240 g/mol. The summed E-state index contributed by atoms with van der Waals surface area (Å²) in [4.78, 5) is 36.6. The Bertz CT molecular complexity index is 3600. The Kier molecular flexibility index (Phi) is 36.3. The van der Waals surface area contributed by atoms with Crippen molar-refractivity contribution in [3.63, 3.8) is 0 Å². The largest absolute Gasteiger partial charge is 0.310 e. The minimum atomic E-state index is -1.36. The first-order valence-corrected chi connectivity index (χ1v) is 31.3. The Morgan fingerprint density at radius 3 is 1.47 bits per heavy atom. The van der Waals surface area contributed by atoms with Crippen molar-refractivity contribution >= 4 is 17.2 Å². The van der Waals surface area contributed by atoms with E-state index in [1.165, 1.54) is 75.0 Å². The van der Waals surface area contributed by atoms with Crippen molar-refractivity contribution in [1.29, 1.82) is 15.8 Å². The van der Waals surface area contributed by atoms with Gasteiger partial charge >= 0.3 is 5.69 Å². The van der Waals surface area contributed by atoms with Crippen LogP contribution < -0.4 is 0 Å². The molecule has 0 amide bonds. The van der Waals surface area contributed by atoms with Gasteiger partial charge in [-0.25, -0.2) is 35.1 Å². The quantitative estimate of drug-likeness (QED) is 0.0374. The molecule has 1 atom stereocenters. The summed E-state index contributed by atoms with van der Waals surface area (Å²) < 4.78 is 117. The average molecular weight is 1330 g/mol. The number of hydrogen-bond acceptors (Lipinski definition) is 10. The molecular formula is C74H90F9N7O5. The Balaban J connectivity index is 0.000000544. The van der Waals surface area contributed by atoms with Crippen molar-refractivity contribution in [3.05, 3.63) is 226 Å². The maximum atomic E-state index is 13.3. The van der Waals surface area contributed by atoms with Crippen LogP contribution in [-0.4, -0.2) is 38.6 Å². The number of halogens is 9.